The van der Waals surface area contributed by atoms with E-state index in [4.69, 9.17) is 9.47 Å². The minimum atomic E-state index is -0.358. The summed E-state index contributed by atoms with van der Waals surface area (Å²) in [5.74, 6) is 1.39. The third kappa shape index (κ3) is 11.9. The number of nitrogens with zero attached hydrogens (tertiary/aromatic N) is 1. The van der Waals surface area contributed by atoms with E-state index in [1.54, 1.807) is 0 Å². The highest BCUT2D eigenvalue weighted by Gasteiger charge is 2.20. The predicted molar refractivity (Wildman–Crippen MR) is 116 cm³/mol. The Hall–Kier alpha value is -0.610. The van der Waals surface area contributed by atoms with Crippen LogP contribution in [0.1, 0.15) is 40.5 Å². The lowest BCUT2D eigenvalue weighted by molar-refractivity contribution is -0.128. The number of amides is 1. The maximum absolute atomic E-state index is 11.8. The number of hydrogen-bond donors (Lipinski definition) is 3. The van der Waals surface area contributed by atoms with Gasteiger partial charge in [0.2, 0.25) is 5.91 Å². The largest absolute Gasteiger partial charge is 0.381 e. The number of halogens is 1. The van der Waals surface area contributed by atoms with Gasteiger partial charge in [0.25, 0.3) is 0 Å². The average Bonchev–Trinajstić information content (AvgIpc) is 3.06. The third-order valence-electron chi connectivity index (χ3n) is 3.82. The maximum Gasteiger partial charge on any atom is 0.225 e. The summed E-state index contributed by atoms with van der Waals surface area (Å²) < 4.78 is 11.0. The Morgan fingerprint density at radius 2 is 1.96 bits per heavy atom. The molecular weight excluding hydrogens is 447 g/mol. The van der Waals surface area contributed by atoms with Crippen molar-refractivity contribution >= 4 is 35.8 Å². The molecule has 1 amide bonds. The number of rotatable bonds is 10. The molecule has 0 aromatic heterocycles. The Labute approximate surface area is 175 Å². The molecule has 154 valence electrons. The monoisotopic (exact) mass is 484 g/mol. The van der Waals surface area contributed by atoms with E-state index in [0.717, 1.165) is 51.8 Å². The summed E-state index contributed by atoms with van der Waals surface area (Å²) in [6, 6.07) is 0. The quantitative estimate of drug-likeness (QED) is 0.191. The smallest absolute Gasteiger partial charge is 0.225 e. The fourth-order valence-corrected chi connectivity index (χ4v) is 2.29. The Morgan fingerprint density at radius 1 is 1.23 bits per heavy atom. The van der Waals surface area contributed by atoms with Gasteiger partial charge < -0.3 is 25.4 Å². The highest BCUT2D eigenvalue weighted by Crippen LogP contribution is 2.12. The van der Waals surface area contributed by atoms with Gasteiger partial charge in [0.05, 0.1) is 13.2 Å². The van der Waals surface area contributed by atoms with Gasteiger partial charge in [-0.2, -0.15) is 0 Å². The lowest BCUT2D eigenvalue weighted by atomic mass is 9.96. The molecule has 8 heteroatoms. The standard InChI is InChI=1S/C18H36N4O3.HI/c1-5-19-17(22-10-9-20-16(23)18(2,3)4)21-8-6-11-24-13-15-7-12-25-14-15;/h15H,5-14H2,1-4H3,(H,20,23)(H2,19,21,22);1H. The second-order valence-corrected chi connectivity index (χ2v) is 7.35. The topological polar surface area (TPSA) is 84.0 Å². The SMILES string of the molecule is CCNC(=NCCCOCC1CCOC1)NCCNC(=O)C(C)(C)C.I. The van der Waals surface area contributed by atoms with Crippen LogP contribution in [-0.4, -0.2) is 64.5 Å². The fourth-order valence-electron chi connectivity index (χ4n) is 2.29. The zero-order valence-corrected chi connectivity index (χ0v) is 19.1. The van der Waals surface area contributed by atoms with Gasteiger partial charge in [-0.05, 0) is 19.8 Å². The molecule has 0 saturated carbocycles. The predicted octanol–water partition coefficient (Wildman–Crippen LogP) is 1.77. The highest BCUT2D eigenvalue weighted by molar-refractivity contribution is 14.0. The van der Waals surface area contributed by atoms with Gasteiger partial charge in [0.15, 0.2) is 5.96 Å². The van der Waals surface area contributed by atoms with E-state index >= 15 is 0 Å². The van der Waals surface area contributed by atoms with Crippen LogP contribution >= 0.6 is 24.0 Å². The lowest BCUT2D eigenvalue weighted by Crippen LogP contribution is -2.43. The molecule has 0 spiro atoms. The number of ether oxygens (including phenoxy) is 2. The van der Waals surface area contributed by atoms with Gasteiger partial charge in [-0.3, -0.25) is 9.79 Å². The summed E-state index contributed by atoms with van der Waals surface area (Å²) in [4.78, 5) is 16.3. The van der Waals surface area contributed by atoms with Gasteiger partial charge in [-0.1, -0.05) is 20.8 Å². The molecule has 3 N–H and O–H groups in total. The van der Waals surface area contributed by atoms with Crippen molar-refractivity contribution in [1.29, 1.82) is 0 Å². The summed E-state index contributed by atoms with van der Waals surface area (Å²) in [5, 5.41) is 9.35. The van der Waals surface area contributed by atoms with Gasteiger partial charge >= 0.3 is 0 Å². The van der Waals surface area contributed by atoms with Crippen LogP contribution in [0.15, 0.2) is 4.99 Å². The Balaban J connectivity index is 0.00000625. The first-order chi connectivity index (χ1) is 11.9. The van der Waals surface area contributed by atoms with Crippen LogP contribution in [0.4, 0.5) is 0 Å². The van der Waals surface area contributed by atoms with E-state index in [1.165, 1.54) is 0 Å². The molecule has 1 saturated heterocycles. The van der Waals surface area contributed by atoms with E-state index < -0.39 is 0 Å². The summed E-state index contributed by atoms with van der Waals surface area (Å²) in [7, 11) is 0. The summed E-state index contributed by atoms with van der Waals surface area (Å²) >= 11 is 0. The van der Waals surface area contributed by atoms with Crippen LogP contribution in [0.25, 0.3) is 0 Å². The van der Waals surface area contributed by atoms with Crippen LogP contribution in [0, 0.1) is 11.3 Å². The molecule has 0 radical (unpaired) electrons. The molecule has 0 aromatic carbocycles. The van der Waals surface area contributed by atoms with Crippen LogP contribution in [0.2, 0.25) is 0 Å². The molecule has 1 unspecified atom stereocenters. The number of nitrogens with one attached hydrogen (secondary N) is 3. The fraction of sp³-hybridized carbons (Fsp3) is 0.889. The van der Waals surface area contributed by atoms with E-state index in [1.807, 2.05) is 27.7 Å². The number of carbonyl (C=O) groups is 1. The van der Waals surface area contributed by atoms with E-state index in [0.29, 0.717) is 25.6 Å². The molecule has 7 nitrogen and oxygen atoms in total. The van der Waals surface area contributed by atoms with Crippen LogP contribution < -0.4 is 16.0 Å². The number of guanidine groups is 1. The average molecular weight is 484 g/mol. The maximum atomic E-state index is 11.8. The third-order valence-corrected chi connectivity index (χ3v) is 3.82. The van der Waals surface area contributed by atoms with Crippen LogP contribution in [0.5, 0.6) is 0 Å². The normalized spacial score (nSPS) is 17.5. The number of aliphatic imine (C=N–C) groups is 1. The van der Waals surface area contributed by atoms with Gasteiger partial charge in [0, 0.05) is 50.7 Å². The van der Waals surface area contributed by atoms with E-state index in [-0.39, 0.29) is 35.3 Å². The van der Waals surface area contributed by atoms with Crippen molar-refractivity contribution < 1.29 is 14.3 Å². The van der Waals surface area contributed by atoms with Crippen molar-refractivity contribution in [2.24, 2.45) is 16.3 Å². The number of carbonyl (C=O) groups excluding carboxylic acids is 1. The molecule has 26 heavy (non-hydrogen) atoms. The highest BCUT2D eigenvalue weighted by atomic mass is 127. The summed E-state index contributed by atoms with van der Waals surface area (Å²) in [6.07, 6.45) is 2.00. The molecule has 0 aromatic rings. The van der Waals surface area contributed by atoms with Crippen LogP contribution in [-0.2, 0) is 14.3 Å². The Bertz CT molecular complexity index is 408. The molecule has 1 fully saturated rings. The molecule has 0 bridgehead atoms. The van der Waals surface area contributed by atoms with Crippen molar-refractivity contribution in [3.8, 4) is 0 Å². The summed E-state index contributed by atoms with van der Waals surface area (Å²) in [6.45, 7) is 13.7. The van der Waals surface area contributed by atoms with Crippen molar-refractivity contribution in [2.45, 2.75) is 40.5 Å². The molecule has 1 aliphatic heterocycles. The zero-order chi connectivity index (χ0) is 18.5. The van der Waals surface area contributed by atoms with Gasteiger partial charge in [-0.15, -0.1) is 24.0 Å². The zero-order valence-electron chi connectivity index (χ0n) is 16.7. The second kappa shape index (κ2) is 14.4. The van der Waals surface area contributed by atoms with E-state index in [2.05, 4.69) is 20.9 Å². The minimum absolute atomic E-state index is 0. The molecule has 1 heterocycles. The first kappa shape index (κ1) is 25.4. The Kier molecular flexibility index (Phi) is 14.1. The Morgan fingerprint density at radius 3 is 2.58 bits per heavy atom. The molecule has 1 rings (SSSR count). The first-order valence-electron chi connectivity index (χ1n) is 9.39. The first-order valence-corrected chi connectivity index (χ1v) is 9.39. The van der Waals surface area contributed by atoms with Gasteiger partial charge in [0.1, 0.15) is 0 Å². The molecule has 0 aliphatic carbocycles. The van der Waals surface area contributed by atoms with Crippen LogP contribution in [0.3, 0.4) is 0 Å². The second-order valence-electron chi connectivity index (χ2n) is 7.35. The van der Waals surface area contributed by atoms with Gasteiger partial charge in [-0.25, -0.2) is 0 Å². The molecule has 1 atom stereocenters. The molecular formula is C18H37IN4O3. The van der Waals surface area contributed by atoms with Crippen molar-refractivity contribution in [1.82, 2.24) is 16.0 Å². The molecule has 1 aliphatic rings. The lowest BCUT2D eigenvalue weighted by Gasteiger charge is -2.18. The van der Waals surface area contributed by atoms with E-state index in [9.17, 15) is 4.79 Å². The van der Waals surface area contributed by atoms with Crippen molar-refractivity contribution in [3.05, 3.63) is 0 Å². The minimum Gasteiger partial charge on any atom is -0.381 e. The van der Waals surface area contributed by atoms with Crippen molar-refractivity contribution in [3.63, 3.8) is 0 Å². The van der Waals surface area contributed by atoms with Crippen molar-refractivity contribution in [2.75, 3.05) is 52.6 Å². The number of hydrogen-bond acceptors (Lipinski definition) is 4. The summed E-state index contributed by atoms with van der Waals surface area (Å²) in [5.41, 5.74) is -0.358.